The Kier molecular flexibility index (Phi) is 5.96. The van der Waals surface area contributed by atoms with Crippen molar-refractivity contribution < 1.29 is 5.11 Å². The van der Waals surface area contributed by atoms with Crippen LogP contribution < -0.4 is 0 Å². The molecule has 0 amide bonds. The van der Waals surface area contributed by atoms with Crippen molar-refractivity contribution in [1.29, 1.82) is 0 Å². The maximum Gasteiger partial charge on any atom is 0.251 e. The molecule has 1 N–H and O–H groups in total. The highest BCUT2D eigenvalue weighted by Crippen LogP contribution is 2.30. The number of rotatable bonds is 8. The van der Waals surface area contributed by atoms with Crippen LogP contribution in [0.25, 0.3) is 33.8 Å². The van der Waals surface area contributed by atoms with Crippen LogP contribution in [0.1, 0.15) is 6.42 Å². The van der Waals surface area contributed by atoms with Gasteiger partial charge in [-0.1, -0.05) is 91.0 Å². The molecule has 6 aromatic rings. The lowest BCUT2D eigenvalue weighted by Crippen LogP contribution is -2.50. The predicted octanol–water partition coefficient (Wildman–Crippen LogP) is 5.37. The molecule has 0 radical (unpaired) electrons. The first-order valence-corrected chi connectivity index (χ1v) is 12.2. The predicted molar refractivity (Wildman–Crippen MR) is 143 cm³/mol. The van der Waals surface area contributed by atoms with Gasteiger partial charge in [-0.3, -0.25) is 0 Å². The second-order valence-electron chi connectivity index (χ2n) is 8.78. The SMILES string of the molecule is OCCC(n1ccc(-c2ccccc2)n1)(n1ccc(-c2ccccc2)n1)n1ccc(-c2ccccc2)n1. The number of aromatic nitrogens is 6. The molecule has 3 heterocycles. The van der Waals surface area contributed by atoms with E-state index in [1.807, 2.05) is 142 Å². The zero-order valence-corrected chi connectivity index (χ0v) is 20.2. The molecule has 0 spiro atoms. The van der Waals surface area contributed by atoms with Gasteiger partial charge < -0.3 is 5.11 Å². The number of hydrogen-bond acceptors (Lipinski definition) is 4. The van der Waals surface area contributed by atoms with Crippen LogP contribution in [0, 0.1) is 0 Å². The molecule has 0 saturated heterocycles. The van der Waals surface area contributed by atoms with Gasteiger partial charge in [0.25, 0.3) is 5.79 Å². The van der Waals surface area contributed by atoms with Crippen LogP contribution in [-0.4, -0.2) is 41.1 Å². The zero-order valence-electron chi connectivity index (χ0n) is 20.2. The molecule has 0 fully saturated rings. The molecule has 0 saturated carbocycles. The monoisotopic (exact) mass is 486 g/mol. The third kappa shape index (κ3) is 4.15. The van der Waals surface area contributed by atoms with Crippen molar-refractivity contribution in [2.45, 2.75) is 12.2 Å². The molecule has 0 aliphatic carbocycles. The fraction of sp³-hybridized carbons (Fsp3) is 0.100. The summed E-state index contributed by atoms with van der Waals surface area (Å²) in [4.78, 5) is 0. The number of benzene rings is 3. The summed E-state index contributed by atoms with van der Waals surface area (Å²) < 4.78 is 5.53. The number of hydrogen-bond donors (Lipinski definition) is 1. The summed E-state index contributed by atoms with van der Waals surface area (Å²) in [6.07, 6.45) is 6.07. The van der Waals surface area contributed by atoms with E-state index >= 15 is 0 Å². The molecule has 6 rings (SSSR count). The molecule has 7 nitrogen and oxygen atoms in total. The number of nitrogens with zero attached hydrogens (tertiary/aromatic N) is 6. The largest absolute Gasteiger partial charge is 0.396 e. The summed E-state index contributed by atoms with van der Waals surface area (Å²) in [5.41, 5.74) is 5.51. The summed E-state index contributed by atoms with van der Waals surface area (Å²) in [6.45, 7) is -0.0956. The van der Waals surface area contributed by atoms with Crippen molar-refractivity contribution >= 4 is 0 Å². The first-order chi connectivity index (χ1) is 18.3. The summed E-state index contributed by atoms with van der Waals surface area (Å²) in [5.74, 6) is -1.05. The highest BCUT2D eigenvalue weighted by Gasteiger charge is 2.39. The summed E-state index contributed by atoms with van der Waals surface area (Å²) in [6, 6.07) is 36.0. The summed E-state index contributed by atoms with van der Waals surface area (Å²) in [5, 5.41) is 25.3. The van der Waals surface area contributed by atoms with Crippen molar-refractivity contribution in [3.63, 3.8) is 0 Å². The molecule has 0 aliphatic heterocycles. The minimum Gasteiger partial charge on any atom is -0.396 e. The van der Waals surface area contributed by atoms with E-state index in [0.717, 1.165) is 33.8 Å². The van der Waals surface area contributed by atoms with Crippen LogP contribution in [0.3, 0.4) is 0 Å². The van der Waals surface area contributed by atoms with Crippen LogP contribution in [0.5, 0.6) is 0 Å². The molecular weight excluding hydrogens is 460 g/mol. The normalized spacial score (nSPS) is 11.6. The van der Waals surface area contributed by atoms with Gasteiger partial charge >= 0.3 is 0 Å². The fourth-order valence-corrected chi connectivity index (χ4v) is 4.67. The van der Waals surface area contributed by atoms with Gasteiger partial charge in [0.2, 0.25) is 0 Å². The van der Waals surface area contributed by atoms with Gasteiger partial charge in [0, 0.05) is 48.3 Å². The molecule has 0 aliphatic rings. The highest BCUT2D eigenvalue weighted by molar-refractivity contribution is 5.60. The second kappa shape index (κ2) is 9.72. The van der Waals surface area contributed by atoms with E-state index in [1.54, 1.807) is 0 Å². The molecule has 7 heteroatoms. The summed E-state index contributed by atoms with van der Waals surface area (Å²) in [7, 11) is 0. The van der Waals surface area contributed by atoms with Crippen molar-refractivity contribution in [3.8, 4) is 33.8 Å². The van der Waals surface area contributed by atoms with Gasteiger partial charge in [-0.25, -0.2) is 14.0 Å². The Morgan fingerprint density at radius 2 is 0.811 bits per heavy atom. The minimum atomic E-state index is -1.05. The van der Waals surface area contributed by atoms with E-state index in [4.69, 9.17) is 15.3 Å². The van der Waals surface area contributed by atoms with E-state index in [-0.39, 0.29) is 6.61 Å². The first-order valence-electron chi connectivity index (χ1n) is 12.2. The maximum absolute atomic E-state index is 10.3. The van der Waals surface area contributed by atoms with Gasteiger partial charge in [0.15, 0.2) is 0 Å². The van der Waals surface area contributed by atoms with Gasteiger partial charge in [0.05, 0.1) is 17.1 Å². The quantitative estimate of drug-likeness (QED) is 0.314. The number of aliphatic hydroxyl groups excluding tert-OH is 1. The van der Waals surface area contributed by atoms with Gasteiger partial charge in [-0.15, -0.1) is 0 Å². The Morgan fingerprint density at radius 1 is 0.486 bits per heavy atom. The van der Waals surface area contributed by atoms with E-state index in [2.05, 4.69) is 0 Å². The fourth-order valence-electron chi connectivity index (χ4n) is 4.67. The van der Waals surface area contributed by atoms with Crippen molar-refractivity contribution in [3.05, 3.63) is 128 Å². The third-order valence-corrected chi connectivity index (χ3v) is 6.52. The van der Waals surface area contributed by atoms with Crippen molar-refractivity contribution in [2.75, 3.05) is 6.61 Å². The average molecular weight is 487 g/mol. The van der Waals surface area contributed by atoms with Crippen LogP contribution in [0.2, 0.25) is 0 Å². The lowest BCUT2D eigenvalue weighted by atomic mass is 10.2. The van der Waals surface area contributed by atoms with Crippen LogP contribution in [0.15, 0.2) is 128 Å². The molecule has 0 atom stereocenters. The molecule has 3 aromatic heterocycles. The smallest absolute Gasteiger partial charge is 0.251 e. The van der Waals surface area contributed by atoms with Gasteiger partial charge in [-0.05, 0) is 18.2 Å². The Morgan fingerprint density at radius 3 is 1.11 bits per heavy atom. The number of aliphatic hydroxyl groups is 1. The highest BCUT2D eigenvalue weighted by atomic mass is 16.3. The Balaban J connectivity index is 1.53. The topological polar surface area (TPSA) is 73.7 Å². The Bertz CT molecular complexity index is 1400. The third-order valence-electron chi connectivity index (χ3n) is 6.52. The Hall–Kier alpha value is -4.75. The molecule has 0 unspecified atom stereocenters. The van der Waals surface area contributed by atoms with E-state index in [0.29, 0.717) is 6.42 Å². The lowest BCUT2D eigenvalue weighted by Gasteiger charge is -2.34. The molecule has 3 aromatic carbocycles. The van der Waals surface area contributed by atoms with E-state index in [1.165, 1.54) is 0 Å². The summed E-state index contributed by atoms with van der Waals surface area (Å²) >= 11 is 0. The van der Waals surface area contributed by atoms with E-state index < -0.39 is 5.79 Å². The standard InChI is InChI=1S/C30H26N6O/c37-23-19-30(34-20-16-27(31-34)24-10-4-1-5-11-24,35-21-17-28(32-35)25-12-6-2-7-13-25)36-22-18-29(33-36)26-14-8-3-9-15-26/h1-18,20-22,37H,19,23H2. The zero-order chi connectivity index (χ0) is 25.1. The van der Waals surface area contributed by atoms with Gasteiger partial charge in [-0.2, -0.15) is 15.3 Å². The van der Waals surface area contributed by atoms with E-state index in [9.17, 15) is 5.11 Å². The first kappa shape index (κ1) is 22.7. The molecule has 182 valence electrons. The Labute approximate surface area is 214 Å². The molecular formula is C30H26N6O. The molecule has 37 heavy (non-hydrogen) atoms. The van der Waals surface area contributed by atoms with Crippen LogP contribution >= 0.6 is 0 Å². The average Bonchev–Trinajstić information content (AvgIpc) is 3.75. The van der Waals surface area contributed by atoms with Gasteiger partial charge in [0.1, 0.15) is 0 Å². The van der Waals surface area contributed by atoms with Crippen LogP contribution in [-0.2, 0) is 5.79 Å². The van der Waals surface area contributed by atoms with Crippen LogP contribution in [0.4, 0.5) is 0 Å². The van der Waals surface area contributed by atoms with Crippen molar-refractivity contribution in [2.24, 2.45) is 0 Å². The second-order valence-corrected chi connectivity index (χ2v) is 8.78. The minimum absolute atomic E-state index is 0.0956. The maximum atomic E-state index is 10.3. The van der Waals surface area contributed by atoms with Crippen molar-refractivity contribution in [1.82, 2.24) is 29.3 Å². The lowest BCUT2D eigenvalue weighted by molar-refractivity contribution is 0.0767. The molecule has 0 bridgehead atoms.